The fourth-order valence-electron chi connectivity index (χ4n) is 3.49. The predicted octanol–water partition coefficient (Wildman–Crippen LogP) is 1.20. The highest BCUT2D eigenvalue weighted by Crippen LogP contribution is 2.28. The first kappa shape index (κ1) is 19.2. The zero-order valence-corrected chi connectivity index (χ0v) is 16.0. The van der Waals surface area contributed by atoms with E-state index in [1.54, 1.807) is 19.2 Å². The summed E-state index contributed by atoms with van der Waals surface area (Å²) in [6.45, 7) is 3.78. The van der Waals surface area contributed by atoms with Gasteiger partial charge in [-0.2, -0.15) is 0 Å². The van der Waals surface area contributed by atoms with Gasteiger partial charge in [-0.3, -0.25) is 4.79 Å². The molecule has 0 saturated carbocycles. The molecule has 3 rings (SSSR count). The molecule has 0 aromatic heterocycles. The summed E-state index contributed by atoms with van der Waals surface area (Å²) in [6, 6.07) is 14.7. The number of likely N-dealkylation sites (N-methyl/N-ethyl adjacent to an activating group) is 1. The third kappa shape index (κ3) is 4.77. The summed E-state index contributed by atoms with van der Waals surface area (Å²) in [4.78, 5) is 17.7. The molecule has 5 nitrogen and oxygen atoms in total. The van der Waals surface area contributed by atoms with Crippen LogP contribution in [0.1, 0.15) is 5.56 Å². The summed E-state index contributed by atoms with van der Waals surface area (Å²) in [5.74, 6) is 0.754. The third-order valence-corrected chi connectivity index (χ3v) is 4.96. The van der Waals surface area contributed by atoms with Gasteiger partial charge in [-0.25, -0.2) is 4.39 Å². The van der Waals surface area contributed by atoms with Crippen molar-refractivity contribution < 1.29 is 18.8 Å². The van der Waals surface area contributed by atoms with Gasteiger partial charge in [0.25, 0.3) is 5.91 Å². The van der Waals surface area contributed by atoms with Gasteiger partial charge < -0.3 is 19.4 Å². The first-order valence-corrected chi connectivity index (χ1v) is 9.29. The van der Waals surface area contributed by atoms with Crippen LogP contribution >= 0.6 is 0 Å². The summed E-state index contributed by atoms with van der Waals surface area (Å²) in [7, 11) is 3.60. The standard InChI is InChI=1S/C21H26FN3O2/c1-23(15-17-7-3-4-8-18(17)22)16-21(26)25-13-11-24(12-14-25)19-9-5-6-10-20(19)27-2/h3-10H,11-16H2,1-2H3/p+1. The SMILES string of the molecule is COc1ccccc1N1CCN(C(=O)C[NH+](C)Cc2ccccc2F)CC1. The summed E-state index contributed by atoms with van der Waals surface area (Å²) < 4.78 is 19.2. The monoisotopic (exact) mass is 372 g/mol. The number of carbonyl (C=O) groups is 1. The molecule has 0 aliphatic carbocycles. The van der Waals surface area contributed by atoms with Crippen molar-refractivity contribution >= 4 is 11.6 Å². The molecule has 1 N–H and O–H groups in total. The largest absolute Gasteiger partial charge is 0.495 e. The lowest BCUT2D eigenvalue weighted by Crippen LogP contribution is -3.09. The third-order valence-electron chi connectivity index (χ3n) is 4.96. The Balaban J connectivity index is 1.52. The molecule has 1 heterocycles. The van der Waals surface area contributed by atoms with Crippen molar-refractivity contribution in [2.24, 2.45) is 0 Å². The Kier molecular flexibility index (Phi) is 6.29. The summed E-state index contributed by atoms with van der Waals surface area (Å²) in [5, 5.41) is 0. The number of quaternary nitrogens is 1. The van der Waals surface area contributed by atoms with E-state index in [4.69, 9.17) is 4.74 Å². The summed E-state index contributed by atoms with van der Waals surface area (Å²) in [5.41, 5.74) is 1.71. The zero-order chi connectivity index (χ0) is 19.2. The van der Waals surface area contributed by atoms with Gasteiger partial charge in [0.2, 0.25) is 0 Å². The molecule has 144 valence electrons. The molecule has 0 spiro atoms. The number of nitrogens with zero attached hydrogens (tertiary/aromatic N) is 2. The number of carbonyl (C=O) groups excluding carboxylic acids is 1. The van der Waals surface area contributed by atoms with Gasteiger partial charge >= 0.3 is 0 Å². The Morgan fingerprint density at radius 3 is 2.44 bits per heavy atom. The molecular formula is C21H27FN3O2+. The van der Waals surface area contributed by atoms with Gasteiger partial charge in [0, 0.05) is 31.7 Å². The summed E-state index contributed by atoms with van der Waals surface area (Å²) >= 11 is 0. The van der Waals surface area contributed by atoms with Crippen LogP contribution in [0.3, 0.4) is 0 Å². The molecule has 1 aliphatic rings. The zero-order valence-electron chi connectivity index (χ0n) is 16.0. The quantitative estimate of drug-likeness (QED) is 0.828. The van der Waals surface area contributed by atoms with Crippen LogP contribution in [0.25, 0.3) is 0 Å². The van der Waals surface area contributed by atoms with E-state index in [2.05, 4.69) is 4.90 Å². The van der Waals surface area contributed by atoms with E-state index in [0.717, 1.165) is 29.4 Å². The molecule has 0 radical (unpaired) electrons. The minimum atomic E-state index is -0.213. The number of methoxy groups -OCH3 is 1. The molecule has 0 bridgehead atoms. The van der Waals surface area contributed by atoms with Crippen LogP contribution < -0.4 is 14.5 Å². The predicted molar refractivity (Wildman–Crippen MR) is 104 cm³/mol. The van der Waals surface area contributed by atoms with E-state index >= 15 is 0 Å². The molecule has 1 unspecified atom stereocenters. The average Bonchev–Trinajstić information content (AvgIpc) is 2.69. The minimum Gasteiger partial charge on any atom is -0.495 e. The fourth-order valence-corrected chi connectivity index (χ4v) is 3.49. The first-order valence-electron chi connectivity index (χ1n) is 9.29. The maximum Gasteiger partial charge on any atom is 0.277 e. The number of rotatable bonds is 6. The lowest BCUT2D eigenvalue weighted by Gasteiger charge is -2.36. The molecule has 27 heavy (non-hydrogen) atoms. The molecule has 1 aliphatic heterocycles. The van der Waals surface area contributed by atoms with Crippen molar-refractivity contribution in [2.75, 3.05) is 51.8 Å². The highest BCUT2D eigenvalue weighted by atomic mass is 19.1. The second kappa shape index (κ2) is 8.86. The number of hydrogen-bond donors (Lipinski definition) is 1. The molecule has 6 heteroatoms. The van der Waals surface area contributed by atoms with E-state index in [1.807, 2.05) is 42.3 Å². The Morgan fingerprint density at radius 2 is 1.74 bits per heavy atom. The number of amides is 1. The lowest BCUT2D eigenvalue weighted by molar-refractivity contribution is -0.885. The van der Waals surface area contributed by atoms with Crippen LogP contribution in [-0.4, -0.2) is 57.7 Å². The number of para-hydroxylation sites is 2. The van der Waals surface area contributed by atoms with Crippen molar-refractivity contribution in [3.63, 3.8) is 0 Å². The van der Waals surface area contributed by atoms with Crippen molar-refractivity contribution in [2.45, 2.75) is 6.54 Å². The Bertz CT molecular complexity index is 776. The topological polar surface area (TPSA) is 37.2 Å². The number of ether oxygens (including phenoxy) is 1. The first-order chi connectivity index (χ1) is 13.1. The van der Waals surface area contributed by atoms with Gasteiger partial charge in [0.15, 0.2) is 6.54 Å². The number of benzene rings is 2. The highest BCUT2D eigenvalue weighted by Gasteiger charge is 2.25. The number of hydrogen-bond acceptors (Lipinski definition) is 3. The van der Waals surface area contributed by atoms with Crippen LogP contribution in [0, 0.1) is 5.82 Å². The van der Waals surface area contributed by atoms with Gasteiger partial charge in [0.1, 0.15) is 18.1 Å². The van der Waals surface area contributed by atoms with Crippen LogP contribution in [-0.2, 0) is 11.3 Å². The lowest BCUT2D eigenvalue weighted by atomic mass is 10.2. The van der Waals surface area contributed by atoms with E-state index in [-0.39, 0.29) is 11.7 Å². The molecular weight excluding hydrogens is 345 g/mol. The van der Waals surface area contributed by atoms with Crippen molar-refractivity contribution in [1.82, 2.24) is 4.90 Å². The number of nitrogens with one attached hydrogen (secondary N) is 1. The van der Waals surface area contributed by atoms with Crippen LogP contribution in [0.15, 0.2) is 48.5 Å². The molecule has 1 saturated heterocycles. The second-order valence-corrected chi connectivity index (χ2v) is 6.94. The van der Waals surface area contributed by atoms with Crippen LogP contribution in [0.5, 0.6) is 5.75 Å². The van der Waals surface area contributed by atoms with E-state index < -0.39 is 0 Å². The maximum atomic E-state index is 13.8. The molecule has 2 aromatic rings. The number of piperazine rings is 1. The summed E-state index contributed by atoms with van der Waals surface area (Å²) in [6.07, 6.45) is 0. The van der Waals surface area contributed by atoms with Gasteiger partial charge in [0.05, 0.1) is 19.8 Å². The smallest absolute Gasteiger partial charge is 0.277 e. The van der Waals surface area contributed by atoms with Crippen LogP contribution in [0.2, 0.25) is 0 Å². The normalized spacial score (nSPS) is 15.5. The van der Waals surface area contributed by atoms with Crippen molar-refractivity contribution in [3.8, 4) is 5.75 Å². The average molecular weight is 372 g/mol. The van der Waals surface area contributed by atoms with E-state index in [0.29, 0.717) is 31.7 Å². The van der Waals surface area contributed by atoms with E-state index in [9.17, 15) is 9.18 Å². The Hall–Kier alpha value is -2.60. The highest BCUT2D eigenvalue weighted by molar-refractivity contribution is 5.77. The number of halogens is 1. The molecule has 1 atom stereocenters. The second-order valence-electron chi connectivity index (χ2n) is 6.94. The Labute approximate surface area is 159 Å². The van der Waals surface area contributed by atoms with Gasteiger partial charge in [-0.1, -0.05) is 30.3 Å². The van der Waals surface area contributed by atoms with Gasteiger partial charge in [-0.05, 0) is 18.2 Å². The van der Waals surface area contributed by atoms with Crippen LogP contribution in [0.4, 0.5) is 10.1 Å². The fraction of sp³-hybridized carbons (Fsp3) is 0.381. The minimum absolute atomic E-state index is 0.114. The van der Waals surface area contributed by atoms with Crippen molar-refractivity contribution in [3.05, 3.63) is 59.9 Å². The van der Waals surface area contributed by atoms with Crippen molar-refractivity contribution in [1.29, 1.82) is 0 Å². The molecule has 2 aromatic carbocycles. The van der Waals surface area contributed by atoms with Gasteiger partial charge in [-0.15, -0.1) is 0 Å². The molecule has 1 amide bonds. The van der Waals surface area contributed by atoms with E-state index in [1.165, 1.54) is 6.07 Å². The number of anilines is 1. The Morgan fingerprint density at radius 1 is 1.07 bits per heavy atom. The maximum absolute atomic E-state index is 13.8. The molecule has 1 fully saturated rings.